The second-order valence-corrected chi connectivity index (χ2v) is 8.71. The lowest BCUT2D eigenvalue weighted by Gasteiger charge is -2.26. The van der Waals surface area contributed by atoms with Gasteiger partial charge in [-0.3, -0.25) is 9.59 Å². The van der Waals surface area contributed by atoms with Crippen molar-refractivity contribution in [1.29, 1.82) is 0 Å². The molecule has 1 unspecified atom stereocenters. The van der Waals surface area contributed by atoms with Gasteiger partial charge in [-0.2, -0.15) is 0 Å². The molecule has 1 aliphatic heterocycles. The predicted molar refractivity (Wildman–Crippen MR) is 127 cm³/mol. The lowest BCUT2D eigenvalue weighted by Crippen LogP contribution is -2.33. The highest BCUT2D eigenvalue weighted by Crippen LogP contribution is 2.40. The zero-order chi connectivity index (χ0) is 23.4. The van der Waals surface area contributed by atoms with Crippen LogP contribution in [0.4, 0.5) is 0 Å². The normalized spacial score (nSPS) is 17.9. The largest absolute Gasteiger partial charge is 0.507 e. The summed E-state index contributed by atoms with van der Waals surface area (Å²) in [5.41, 5.74) is 2.40. The Bertz CT molecular complexity index is 1030. The number of carbonyl (C=O) groups is 2. The highest BCUT2D eigenvalue weighted by atomic mass is 79.9. The number of Topliss-reactive ketones (excluding diaryl/α,β-unsaturated/α-hetero) is 1. The van der Waals surface area contributed by atoms with Gasteiger partial charge in [-0.25, -0.2) is 0 Å². The Kier molecular flexibility index (Phi) is 7.74. The quantitative estimate of drug-likeness (QED) is 0.317. The number of rotatable bonds is 8. The average Bonchev–Trinajstić information content (AvgIpc) is 3.03. The molecule has 0 aromatic heterocycles. The summed E-state index contributed by atoms with van der Waals surface area (Å²) in [4.78, 5) is 27.5. The van der Waals surface area contributed by atoms with E-state index in [1.807, 2.05) is 38.1 Å². The number of hydrogen-bond acceptors (Lipinski definition) is 5. The number of nitrogens with zero attached hydrogens (tertiary/aromatic N) is 1. The summed E-state index contributed by atoms with van der Waals surface area (Å²) in [7, 11) is 1.55. The van der Waals surface area contributed by atoms with E-state index in [-0.39, 0.29) is 24.0 Å². The monoisotopic (exact) mass is 501 g/mol. The van der Waals surface area contributed by atoms with Crippen molar-refractivity contribution in [1.82, 2.24) is 4.90 Å². The van der Waals surface area contributed by atoms with Crippen LogP contribution in [-0.4, -0.2) is 48.1 Å². The number of aliphatic hydroxyl groups is 1. The van der Waals surface area contributed by atoms with Crippen molar-refractivity contribution in [2.24, 2.45) is 0 Å². The molecule has 0 bridgehead atoms. The van der Waals surface area contributed by atoms with Gasteiger partial charge in [0.05, 0.1) is 35.9 Å². The first-order chi connectivity index (χ1) is 15.3. The van der Waals surface area contributed by atoms with Crippen LogP contribution in [0, 0.1) is 0 Å². The summed E-state index contributed by atoms with van der Waals surface area (Å²) in [5, 5.41) is 11.1. The van der Waals surface area contributed by atoms with Crippen LogP contribution in [0.1, 0.15) is 43.5 Å². The van der Waals surface area contributed by atoms with Gasteiger partial charge in [0.15, 0.2) is 0 Å². The highest BCUT2D eigenvalue weighted by molar-refractivity contribution is 9.10. The SMILES string of the molecule is CCc1ccc(C2/C(=C(/O)c3ccc(OC)c(Br)c3)C(=O)C(=O)N2CCOC(C)C)cc1. The van der Waals surface area contributed by atoms with Gasteiger partial charge >= 0.3 is 0 Å². The molecule has 0 aliphatic carbocycles. The fourth-order valence-corrected chi connectivity index (χ4v) is 4.29. The van der Waals surface area contributed by atoms with Gasteiger partial charge in [0.2, 0.25) is 0 Å². The van der Waals surface area contributed by atoms with E-state index in [4.69, 9.17) is 9.47 Å². The number of halogens is 1. The van der Waals surface area contributed by atoms with Crippen LogP contribution >= 0.6 is 15.9 Å². The Balaban J connectivity index is 2.10. The molecule has 3 rings (SSSR count). The van der Waals surface area contributed by atoms with E-state index in [0.29, 0.717) is 22.4 Å². The van der Waals surface area contributed by atoms with Crippen LogP contribution in [0.2, 0.25) is 0 Å². The zero-order valence-corrected chi connectivity index (χ0v) is 20.3. The molecule has 32 heavy (non-hydrogen) atoms. The van der Waals surface area contributed by atoms with Gasteiger partial charge < -0.3 is 19.5 Å². The first kappa shape index (κ1) is 24.0. The summed E-state index contributed by atoms with van der Waals surface area (Å²) in [6, 6.07) is 12.1. The predicted octanol–water partition coefficient (Wildman–Crippen LogP) is 4.87. The van der Waals surface area contributed by atoms with Gasteiger partial charge in [0, 0.05) is 12.1 Å². The Morgan fingerprint density at radius 1 is 1.16 bits per heavy atom. The first-order valence-corrected chi connectivity index (χ1v) is 11.4. The van der Waals surface area contributed by atoms with E-state index in [0.717, 1.165) is 17.5 Å². The van der Waals surface area contributed by atoms with Crippen molar-refractivity contribution < 1.29 is 24.2 Å². The number of likely N-dealkylation sites (tertiary alicyclic amines) is 1. The van der Waals surface area contributed by atoms with E-state index in [1.54, 1.807) is 25.3 Å². The number of benzene rings is 2. The van der Waals surface area contributed by atoms with Crippen molar-refractivity contribution in [3.63, 3.8) is 0 Å². The Morgan fingerprint density at radius 2 is 1.84 bits per heavy atom. The molecule has 1 amide bonds. The smallest absolute Gasteiger partial charge is 0.295 e. The third-order valence-corrected chi connectivity index (χ3v) is 6.07. The van der Waals surface area contributed by atoms with Gasteiger partial charge in [-0.1, -0.05) is 31.2 Å². The molecule has 0 spiro atoms. The molecule has 7 heteroatoms. The van der Waals surface area contributed by atoms with Gasteiger partial charge in [0.1, 0.15) is 11.5 Å². The fraction of sp³-hybridized carbons (Fsp3) is 0.360. The van der Waals surface area contributed by atoms with Crippen molar-refractivity contribution in [2.75, 3.05) is 20.3 Å². The van der Waals surface area contributed by atoms with Gasteiger partial charge in [-0.05, 0) is 65.5 Å². The summed E-state index contributed by atoms with van der Waals surface area (Å²) < 4.78 is 11.5. The molecule has 0 saturated carbocycles. The lowest BCUT2D eigenvalue weighted by atomic mass is 9.94. The number of methoxy groups -OCH3 is 1. The number of carbonyl (C=O) groups excluding carboxylic acids is 2. The molecule has 2 aromatic carbocycles. The minimum absolute atomic E-state index is 0.00533. The maximum Gasteiger partial charge on any atom is 0.295 e. The molecule has 1 heterocycles. The topological polar surface area (TPSA) is 76.1 Å². The summed E-state index contributed by atoms with van der Waals surface area (Å²) in [5.74, 6) is -0.970. The summed E-state index contributed by atoms with van der Waals surface area (Å²) >= 11 is 3.41. The molecule has 170 valence electrons. The zero-order valence-electron chi connectivity index (χ0n) is 18.7. The minimum Gasteiger partial charge on any atom is -0.507 e. The second kappa shape index (κ2) is 10.3. The maximum atomic E-state index is 13.1. The molecule has 6 nitrogen and oxygen atoms in total. The van der Waals surface area contributed by atoms with Crippen molar-refractivity contribution in [3.8, 4) is 5.75 Å². The standard InChI is InChI=1S/C25H28BrNO5/c1-5-16-6-8-17(9-7-16)22-21(23(28)18-10-11-20(31-4)19(26)14-18)24(29)25(30)27(22)12-13-32-15(2)3/h6-11,14-15,22,28H,5,12-13H2,1-4H3/b23-21-. The molecular formula is C25H28BrNO5. The van der Waals surface area contributed by atoms with Gasteiger partial charge in [-0.15, -0.1) is 0 Å². The number of amides is 1. The van der Waals surface area contributed by atoms with Crippen molar-refractivity contribution >= 4 is 33.4 Å². The third kappa shape index (κ3) is 4.89. The third-order valence-electron chi connectivity index (χ3n) is 5.45. The first-order valence-electron chi connectivity index (χ1n) is 10.6. The molecule has 1 saturated heterocycles. The molecule has 1 fully saturated rings. The maximum absolute atomic E-state index is 13.1. The Hall–Kier alpha value is -2.64. The molecule has 2 aromatic rings. The lowest BCUT2D eigenvalue weighted by molar-refractivity contribution is -0.140. The van der Waals surface area contributed by atoms with E-state index < -0.39 is 17.7 Å². The van der Waals surface area contributed by atoms with Crippen LogP contribution in [0.5, 0.6) is 5.75 Å². The number of hydrogen-bond donors (Lipinski definition) is 1. The number of ketones is 1. The van der Waals surface area contributed by atoms with Gasteiger partial charge in [0.25, 0.3) is 11.7 Å². The van der Waals surface area contributed by atoms with Crippen molar-refractivity contribution in [3.05, 3.63) is 69.2 Å². The summed E-state index contributed by atoms with van der Waals surface area (Å²) in [6.45, 7) is 6.42. The van der Waals surface area contributed by atoms with Crippen LogP contribution in [0.3, 0.4) is 0 Å². The second-order valence-electron chi connectivity index (χ2n) is 7.86. The molecule has 0 radical (unpaired) electrons. The molecule has 1 N–H and O–H groups in total. The molecular weight excluding hydrogens is 474 g/mol. The van der Waals surface area contributed by atoms with Crippen LogP contribution in [0.25, 0.3) is 5.76 Å². The van der Waals surface area contributed by atoms with Crippen LogP contribution in [0.15, 0.2) is 52.5 Å². The Morgan fingerprint density at radius 3 is 2.41 bits per heavy atom. The van der Waals surface area contributed by atoms with Crippen LogP contribution in [-0.2, 0) is 20.7 Å². The Labute approximate surface area is 197 Å². The number of aryl methyl sites for hydroxylation is 1. The average molecular weight is 502 g/mol. The van der Waals surface area contributed by atoms with E-state index in [9.17, 15) is 14.7 Å². The van der Waals surface area contributed by atoms with E-state index in [1.165, 1.54) is 4.90 Å². The summed E-state index contributed by atoms with van der Waals surface area (Å²) in [6.07, 6.45) is 0.883. The number of aliphatic hydroxyl groups excluding tert-OH is 1. The molecule has 1 atom stereocenters. The fourth-order valence-electron chi connectivity index (χ4n) is 3.75. The minimum atomic E-state index is -0.705. The molecule has 1 aliphatic rings. The van der Waals surface area contributed by atoms with Crippen molar-refractivity contribution in [2.45, 2.75) is 39.3 Å². The highest BCUT2D eigenvalue weighted by Gasteiger charge is 2.45. The van der Waals surface area contributed by atoms with E-state index in [2.05, 4.69) is 22.9 Å². The van der Waals surface area contributed by atoms with E-state index >= 15 is 0 Å². The number of ether oxygens (including phenoxy) is 2. The van der Waals surface area contributed by atoms with Crippen LogP contribution < -0.4 is 4.74 Å².